The number of morpholine rings is 1. The Morgan fingerprint density at radius 2 is 1.72 bits per heavy atom. The first-order valence-corrected chi connectivity index (χ1v) is 21.4. The highest BCUT2D eigenvalue weighted by molar-refractivity contribution is 5.90. The quantitative estimate of drug-likeness (QED) is 0.279. The summed E-state index contributed by atoms with van der Waals surface area (Å²) in [5, 5.41) is 10.9. The van der Waals surface area contributed by atoms with E-state index in [1.165, 1.54) is 26.2 Å². The zero-order valence-corrected chi connectivity index (χ0v) is 34.5. The summed E-state index contributed by atoms with van der Waals surface area (Å²) in [5.41, 5.74) is -0.729. The number of aliphatic hydroxyl groups is 1. The Hall–Kier alpha value is -1.14. The number of esters is 1. The summed E-state index contributed by atoms with van der Waals surface area (Å²) >= 11 is 0. The third-order valence-corrected chi connectivity index (χ3v) is 16.2. The van der Waals surface area contributed by atoms with Crippen LogP contribution in [0.2, 0.25) is 0 Å². The third-order valence-electron chi connectivity index (χ3n) is 16.2. The van der Waals surface area contributed by atoms with Gasteiger partial charge in [-0.15, -0.1) is 0 Å². The Labute approximate surface area is 319 Å². The van der Waals surface area contributed by atoms with E-state index in [1.807, 2.05) is 13.8 Å². The molecule has 2 spiro atoms. The zero-order chi connectivity index (χ0) is 38.1. The predicted octanol–water partition coefficient (Wildman–Crippen LogP) is 5.72. The highest BCUT2D eigenvalue weighted by atomic mass is 16.7. The second kappa shape index (κ2) is 14.7. The fourth-order valence-corrected chi connectivity index (χ4v) is 14.0. The van der Waals surface area contributed by atoms with E-state index >= 15 is 0 Å². The number of ketones is 1. The minimum atomic E-state index is -1.26. The van der Waals surface area contributed by atoms with Crippen molar-refractivity contribution >= 4 is 11.8 Å². The maximum atomic E-state index is 14.6. The lowest BCUT2D eigenvalue weighted by molar-refractivity contribution is -0.246. The number of carbonyl (C=O) groups is 2. The van der Waals surface area contributed by atoms with Gasteiger partial charge in [0.15, 0.2) is 18.2 Å². The average molecular weight is 745 g/mol. The molecular formula is C43H72N2O8. The molecule has 3 heterocycles. The molecule has 5 aliphatic carbocycles. The lowest BCUT2D eigenvalue weighted by Crippen LogP contribution is -2.57. The Balaban J connectivity index is 0.00000214. The van der Waals surface area contributed by atoms with Crippen molar-refractivity contribution in [1.82, 2.24) is 9.80 Å². The highest BCUT2D eigenvalue weighted by Gasteiger charge is 2.82. The highest BCUT2D eigenvalue weighted by Crippen LogP contribution is 2.87. The molecule has 53 heavy (non-hydrogen) atoms. The van der Waals surface area contributed by atoms with E-state index in [9.17, 15) is 14.7 Å². The molecule has 10 nitrogen and oxygen atoms in total. The number of methoxy groups -OCH3 is 1. The second-order valence-corrected chi connectivity index (χ2v) is 19.7. The van der Waals surface area contributed by atoms with E-state index in [2.05, 4.69) is 30.6 Å². The Morgan fingerprint density at radius 1 is 0.981 bits per heavy atom. The number of hydrogen-bond donors (Lipinski definition) is 1. The summed E-state index contributed by atoms with van der Waals surface area (Å²) in [6.07, 6.45) is 7.89. The van der Waals surface area contributed by atoms with E-state index in [-0.39, 0.29) is 46.3 Å². The molecule has 10 heteroatoms. The van der Waals surface area contributed by atoms with Crippen LogP contribution in [0.5, 0.6) is 0 Å². The van der Waals surface area contributed by atoms with Crippen molar-refractivity contribution in [1.29, 1.82) is 0 Å². The van der Waals surface area contributed by atoms with E-state index in [4.69, 9.17) is 23.7 Å². The van der Waals surface area contributed by atoms with Crippen LogP contribution >= 0.6 is 0 Å². The summed E-state index contributed by atoms with van der Waals surface area (Å²) in [4.78, 5) is 31.7. The van der Waals surface area contributed by atoms with Crippen molar-refractivity contribution in [3.05, 3.63) is 0 Å². The molecule has 0 radical (unpaired) electrons. The predicted molar refractivity (Wildman–Crippen MR) is 202 cm³/mol. The standard InChI is InChI=1S/C41H66N2O8.C2H6/c1-25(44)49-36(38(4,5)46)29-10-8-28-35(50-29)34(45)33-27-9-11-30-37(2,3)31(12-13-41(30)24-40(27,41)15-14-39(28,33)6)51-32-23-43(17-19-48-32)22-26-20-42(21-26)16-18-47-7;1-2/h26-33,35-36,46H,8-24H2,1-7H3;1-2H3/t27?,28?,29?,30?,31-,32?,33?,35?,36?,39?,40-,41?;/m0./s1. The molecule has 0 aromatic carbocycles. The van der Waals surface area contributed by atoms with Crippen LogP contribution in [0.15, 0.2) is 0 Å². The van der Waals surface area contributed by atoms with Gasteiger partial charge in [-0.3, -0.25) is 14.5 Å². The fourth-order valence-electron chi connectivity index (χ4n) is 14.0. The molecule has 0 bridgehead atoms. The molecule has 0 amide bonds. The Morgan fingerprint density at radius 3 is 2.42 bits per heavy atom. The van der Waals surface area contributed by atoms with Gasteiger partial charge >= 0.3 is 5.97 Å². The van der Waals surface area contributed by atoms with Crippen LogP contribution in [0.25, 0.3) is 0 Å². The van der Waals surface area contributed by atoms with Crippen molar-refractivity contribution < 1.29 is 38.4 Å². The van der Waals surface area contributed by atoms with Crippen LogP contribution in [0, 0.1) is 51.2 Å². The van der Waals surface area contributed by atoms with Gasteiger partial charge in [0.2, 0.25) is 0 Å². The Bertz CT molecular complexity index is 1350. The van der Waals surface area contributed by atoms with E-state index < -0.39 is 29.9 Å². The summed E-state index contributed by atoms with van der Waals surface area (Å²) < 4.78 is 30.8. The van der Waals surface area contributed by atoms with Gasteiger partial charge < -0.3 is 33.7 Å². The van der Waals surface area contributed by atoms with Gasteiger partial charge in [-0.05, 0) is 117 Å². The summed E-state index contributed by atoms with van der Waals surface area (Å²) in [6.45, 7) is 23.9. The lowest BCUT2D eigenvalue weighted by atomic mass is 9.46. The minimum Gasteiger partial charge on any atom is -0.457 e. The summed E-state index contributed by atoms with van der Waals surface area (Å²) in [5.74, 6) is 1.78. The van der Waals surface area contributed by atoms with Crippen LogP contribution < -0.4 is 0 Å². The molecule has 0 aromatic heterocycles. The van der Waals surface area contributed by atoms with Gasteiger partial charge in [-0.25, -0.2) is 0 Å². The SMILES string of the molecule is CC.COCCN1CC(CN2CCOC(O[C@H]3CCC45C[C@]46CCC4(C)C7CCC(C(OC(C)=O)C(C)(C)O)OC7C(=O)C4C6CCC5C3(C)C)C2)C1. The molecule has 8 rings (SSSR count). The smallest absolute Gasteiger partial charge is 0.303 e. The number of fused-ring (bicyclic) bond motifs is 4. The maximum absolute atomic E-state index is 14.6. The molecule has 302 valence electrons. The molecule has 3 saturated heterocycles. The molecule has 10 unspecified atom stereocenters. The zero-order valence-electron chi connectivity index (χ0n) is 34.5. The molecule has 8 fully saturated rings. The molecular weight excluding hydrogens is 672 g/mol. The van der Waals surface area contributed by atoms with Gasteiger partial charge in [0.1, 0.15) is 6.10 Å². The van der Waals surface area contributed by atoms with Gasteiger partial charge in [0, 0.05) is 59.2 Å². The van der Waals surface area contributed by atoms with Crippen LogP contribution in [-0.2, 0) is 33.3 Å². The normalized spacial score (nSPS) is 44.2. The second-order valence-electron chi connectivity index (χ2n) is 19.7. The van der Waals surface area contributed by atoms with Gasteiger partial charge in [0.25, 0.3) is 0 Å². The monoisotopic (exact) mass is 745 g/mol. The van der Waals surface area contributed by atoms with Crippen molar-refractivity contribution in [3.8, 4) is 0 Å². The molecule has 0 aromatic rings. The molecule has 1 N–H and O–H groups in total. The number of hydrogen-bond acceptors (Lipinski definition) is 10. The molecule has 5 saturated carbocycles. The summed E-state index contributed by atoms with van der Waals surface area (Å²) in [7, 11) is 1.78. The molecule has 3 aliphatic heterocycles. The van der Waals surface area contributed by atoms with E-state index in [0.29, 0.717) is 23.7 Å². The van der Waals surface area contributed by atoms with Crippen LogP contribution in [0.1, 0.15) is 113 Å². The van der Waals surface area contributed by atoms with Gasteiger partial charge in [-0.2, -0.15) is 0 Å². The first-order chi connectivity index (χ1) is 25.1. The Kier molecular flexibility index (Phi) is 11.1. The van der Waals surface area contributed by atoms with E-state index in [1.54, 1.807) is 21.0 Å². The van der Waals surface area contributed by atoms with Crippen molar-refractivity contribution in [2.75, 3.05) is 59.6 Å². The van der Waals surface area contributed by atoms with Crippen LogP contribution in [0.3, 0.4) is 0 Å². The first-order valence-electron chi connectivity index (χ1n) is 21.4. The number of ether oxygens (including phenoxy) is 5. The van der Waals surface area contributed by atoms with Crippen molar-refractivity contribution in [3.63, 3.8) is 0 Å². The fraction of sp³-hybridized carbons (Fsp3) is 0.953. The van der Waals surface area contributed by atoms with Gasteiger partial charge in [0.05, 0.1) is 31.0 Å². The number of rotatable bonds is 10. The third kappa shape index (κ3) is 6.68. The van der Waals surface area contributed by atoms with Crippen LogP contribution in [0.4, 0.5) is 0 Å². The first kappa shape index (κ1) is 40.1. The number of nitrogens with zero attached hydrogens (tertiary/aromatic N) is 2. The van der Waals surface area contributed by atoms with Crippen LogP contribution in [-0.4, -0.2) is 123 Å². The number of carbonyl (C=O) groups excluding carboxylic acids is 2. The lowest BCUT2D eigenvalue weighted by Gasteiger charge is -2.59. The molecule has 8 aliphatic rings. The van der Waals surface area contributed by atoms with Gasteiger partial charge in [-0.1, -0.05) is 34.6 Å². The number of Topliss-reactive ketones (excluding diaryl/α,β-unsaturated/α-hetero) is 1. The molecule has 12 atom stereocenters. The maximum Gasteiger partial charge on any atom is 0.303 e. The minimum absolute atomic E-state index is 0.0241. The number of likely N-dealkylation sites (tertiary alicyclic amines) is 1. The largest absolute Gasteiger partial charge is 0.457 e. The topological polar surface area (TPSA) is 107 Å². The summed E-state index contributed by atoms with van der Waals surface area (Å²) in [6, 6.07) is 0. The van der Waals surface area contributed by atoms with E-state index in [0.717, 1.165) is 90.5 Å². The van der Waals surface area contributed by atoms with Crippen molar-refractivity contribution in [2.45, 2.75) is 149 Å². The van der Waals surface area contributed by atoms with Crippen molar-refractivity contribution in [2.24, 2.45) is 51.2 Å². The average Bonchev–Trinajstić information content (AvgIpc) is 3.71.